The number of aryl methyl sites for hydroxylation is 1. The molecule has 3 aromatic carbocycles. The highest BCUT2D eigenvalue weighted by molar-refractivity contribution is 5.81. The van der Waals surface area contributed by atoms with E-state index < -0.39 is 36.2 Å². The number of carbonyl (C=O) groups excluding carboxylic acids is 1. The zero-order valence-electron chi connectivity index (χ0n) is 17.3. The molecule has 0 bridgehead atoms. The van der Waals surface area contributed by atoms with Gasteiger partial charge >= 0.3 is 12.1 Å². The largest absolute Gasteiger partial charge is 0.480 e. The third kappa shape index (κ3) is 4.06. The maximum atomic E-state index is 14.1. The van der Waals surface area contributed by atoms with E-state index >= 15 is 0 Å². The number of nitrogens with one attached hydrogen (secondary N) is 1. The van der Waals surface area contributed by atoms with Crippen LogP contribution in [0.2, 0.25) is 0 Å². The first-order valence-corrected chi connectivity index (χ1v) is 10.1. The first kappa shape index (κ1) is 21.5. The average molecular weight is 437 g/mol. The molecule has 0 heterocycles. The molecule has 0 radical (unpaired) electrons. The van der Waals surface area contributed by atoms with Crippen molar-refractivity contribution >= 4 is 12.1 Å². The number of benzene rings is 3. The minimum absolute atomic E-state index is 0.0136. The zero-order valence-corrected chi connectivity index (χ0v) is 17.3. The van der Waals surface area contributed by atoms with Gasteiger partial charge in [-0.05, 0) is 40.3 Å². The van der Waals surface area contributed by atoms with Gasteiger partial charge in [-0.3, -0.25) is 0 Å². The van der Waals surface area contributed by atoms with Crippen LogP contribution in [0.4, 0.5) is 13.6 Å². The fourth-order valence-corrected chi connectivity index (χ4v) is 4.05. The van der Waals surface area contributed by atoms with Crippen LogP contribution in [0.15, 0.2) is 60.7 Å². The molecule has 0 saturated heterocycles. The predicted molar refractivity (Wildman–Crippen MR) is 114 cm³/mol. The number of alkyl carbamates (subject to hydrolysis) is 1. The number of fused-ring (bicyclic) bond motifs is 3. The summed E-state index contributed by atoms with van der Waals surface area (Å²) in [7, 11) is 0. The Labute approximate surface area is 183 Å². The highest BCUT2D eigenvalue weighted by Crippen LogP contribution is 2.44. The number of halogens is 2. The van der Waals surface area contributed by atoms with Gasteiger partial charge in [0, 0.05) is 12.3 Å². The Kier molecular flexibility index (Phi) is 5.90. The van der Waals surface area contributed by atoms with Gasteiger partial charge in [-0.15, -0.1) is 0 Å². The number of aliphatic carboxylic acids is 1. The molecule has 164 valence electrons. The minimum atomic E-state index is -1.47. The third-order valence-corrected chi connectivity index (χ3v) is 5.71. The molecule has 0 aromatic heterocycles. The summed E-state index contributed by atoms with van der Waals surface area (Å²) in [5.74, 6) is -3.71. The summed E-state index contributed by atoms with van der Waals surface area (Å²) in [6.07, 6.45) is -1.35. The molecular weight excluding hydrogens is 416 g/mol. The van der Waals surface area contributed by atoms with Crippen LogP contribution in [0.5, 0.6) is 0 Å². The van der Waals surface area contributed by atoms with Crippen molar-refractivity contribution in [3.63, 3.8) is 0 Å². The highest BCUT2D eigenvalue weighted by Gasteiger charge is 2.30. The van der Waals surface area contributed by atoms with Crippen LogP contribution in [0.1, 0.15) is 28.2 Å². The summed E-state index contributed by atoms with van der Waals surface area (Å²) in [5.41, 5.74) is 4.15. The van der Waals surface area contributed by atoms with E-state index in [9.17, 15) is 23.5 Å². The maximum Gasteiger partial charge on any atom is 0.407 e. The van der Waals surface area contributed by atoms with Crippen LogP contribution >= 0.6 is 0 Å². The number of hydrogen-bond donors (Lipinski definition) is 2. The van der Waals surface area contributed by atoms with E-state index in [0.29, 0.717) is 0 Å². The van der Waals surface area contributed by atoms with Crippen LogP contribution in [0.3, 0.4) is 0 Å². The Balaban J connectivity index is 1.45. The first-order chi connectivity index (χ1) is 15.4. The lowest BCUT2D eigenvalue weighted by Gasteiger charge is -2.18. The molecule has 1 amide bonds. The van der Waals surface area contributed by atoms with Gasteiger partial charge in [-0.1, -0.05) is 60.7 Å². The quantitative estimate of drug-likeness (QED) is 0.581. The Morgan fingerprint density at radius 1 is 0.969 bits per heavy atom. The van der Waals surface area contributed by atoms with Gasteiger partial charge in [-0.2, -0.15) is 0 Å². The Morgan fingerprint density at radius 2 is 1.56 bits per heavy atom. The predicted octanol–water partition coefficient (Wildman–Crippen LogP) is 4.81. The van der Waals surface area contributed by atoms with Crippen LogP contribution in [-0.2, 0) is 16.0 Å². The first-order valence-electron chi connectivity index (χ1n) is 10.1. The van der Waals surface area contributed by atoms with Gasteiger partial charge < -0.3 is 15.2 Å². The summed E-state index contributed by atoms with van der Waals surface area (Å²) in [6.45, 7) is 1.42. The van der Waals surface area contributed by atoms with Gasteiger partial charge in [-0.25, -0.2) is 18.4 Å². The summed E-state index contributed by atoms with van der Waals surface area (Å²) in [5, 5.41) is 11.7. The number of amides is 1. The van der Waals surface area contributed by atoms with E-state index in [1.165, 1.54) is 19.1 Å². The summed E-state index contributed by atoms with van der Waals surface area (Å²) in [4.78, 5) is 24.0. The Hall–Kier alpha value is -3.74. The summed E-state index contributed by atoms with van der Waals surface area (Å²) < 4.78 is 33.3. The number of hydrogen-bond acceptors (Lipinski definition) is 3. The molecule has 0 spiro atoms. The van der Waals surface area contributed by atoms with Crippen molar-refractivity contribution in [1.29, 1.82) is 0 Å². The molecule has 5 nitrogen and oxygen atoms in total. The Bertz CT molecular complexity index is 1150. The summed E-state index contributed by atoms with van der Waals surface area (Å²) >= 11 is 0. The summed E-state index contributed by atoms with van der Waals surface area (Å²) in [6, 6.07) is 16.8. The number of carbonyl (C=O) groups is 2. The van der Waals surface area contributed by atoms with Gasteiger partial charge in [0.2, 0.25) is 0 Å². The minimum Gasteiger partial charge on any atom is -0.480 e. The molecule has 4 rings (SSSR count). The van der Waals surface area contributed by atoms with Crippen molar-refractivity contribution in [2.24, 2.45) is 0 Å². The van der Waals surface area contributed by atoms with Crippen molar-refractivity contribution in [1.82, 2.24) is 5.32 Å². The number of carboxylic acids is 1. The molecule has 0 fully saturated rings. The van der Waals surface area contributed by atoms with Gasteiger partial charge in [0.25, 0.3) is 0 Å². The van der Waals surface area contributed by atoms with E-state index in [-0.39, 0.29) is 23.7 Å². The van der Waals surface area contributed by atoms with Crippen LogP contribution in [-0.4, -0.2) is 29.8 Å². The molecule has 32 heavy (non-hydrogen) atoms. The van der Waals surface area contributed by atoms with Crippen LogP contribution in [0.25, 0.3) is 11.1 Å². The second kappa shape index (κ2) is 8.78. The average Bonchev–Trinajstić information content (AvgIpc) is 3.11. The number of rotatable bonds is 6. The molecule has 3 aromatic rings. The van der Waals surface area contributed by atoms with Crippen molar-refractivity contribution < 1.29 is 28.2 Å². The van der Waals surface area contributed by atoms with E-state index in [4.69, 9.17) is 4.74 Å². The lowest BCUT2D eigenvalue weighted by atomic mass is 9.98. The Morgan fingerprint density at radius 3 is 2.16 bits per heavy atom. The van der Waals surface area contributed by atoms with Gasteiger partial charge in [0.05, 0.1) is 0 Å². The lowest BCUT2D eigenvalue weighted by molar-refractivity contribution is -0.139. The molecule has 0 aliphatic heterocycles. The van der Waals surface area contributed by atoms with Gasteiger partial charge in [0.1, 0.15) is 12.6 Å². The smallest absolute Gasteiger partial charge is 0.407 e. The molecule has 1 atom stereocenters. The second-order valence-corrected chi connectivity index (χ2v) is 7.73. The number of carboxylic acid groups (broad SMARTS) is 1. The SMILES string of the molecule is Cc1ccc(CC(NC(=O)OCC2c3ccccc3-c3ccccc32)C(=O)O)c(F)c1F. The van der Waals surface area contributed by atoms with Crippen molar-refractivity contribution in [3.05, 3.63) is 94.6 Å². The third-order valence-electron chi connectivity index (χ3n) is 5.71. The van der Waals surface area contributed by atoms with E-state index in [1.54, 1.807) is 0 Å². The zero-order chi connectivity index (χ0) is 22.8. The molecular formula is C25H21F2NO4. The van der Waals surface area contributed by atoms with Crippen LogP contribution in [0, 0.1) is 18.6 Å². The standard InChI is InChI=1S/C25H21F2NO4/c1-14-10-11-15(23(27)22(14)26)12-21(24(29)30)28-25(31)32-13-20-18-8-4-2-6-16(18)17-7-3-5-9-19(17)20/h2-11,20-21H,12-13H2,1H3,(H,28,31)(H,29,30). The van der Waals surface area contributed by atoms with E-state index in [1.807, 2.05) is 48.5 Å². The molecule has 1 aliphatic carbocycles. The van der Waals surface area contributed by atoms with Crippen LogP contribution < -0.4 is 5.32 Å². The molecule has 0 saturated carbocycles. The van der Waals surface area contributed by atoms with Crippen molar-refractivity contribution in [3.8, 4) is 11.1 Å². The lowest BCUT2D eigenvalue weighted by Crippen LogP contribution is -2.43. The molecule has 1 unspecified atom stereocenters. The molecule has 7 heteroatoms. The van der Waals surface area contributed by atoms with Crippen molar-refractivity contribution in [2.75, 3.05) is 6.61 Å². The topological polar surface area (TPSA) is 75.6 Å². The fourth-order valence-electron chi connectivity index (χ4n) is 4.05. The number of ether oxygens (including phenoxy) is 1. The second-order valence-electron chi connectivity index (χ2n) is 7.73. The van der Waals surface area contributed by atoms with Gasteiger partial charge in [0.15, 0.2) is 11.6 Å². The normalized spacial score (nSPS) is 13.2. The maximum absolute atomic E-state index is 14.1. The highest BCUT2D eigenvalue weighted by atomic mass is 19.2. The van der Waals surface area contributed by atoms with Crippen molar-refractivity contribution in [2.45, 2.75) is 25.3 Å². The fraction of sp³-hybridized carbons (Fsp3) is 0.200. The molecule has 1 aliphatic rings. The van der Waals surface area contributed by atoms with E-state index in [0.717, 1.165) is 22.3 Å². The monoisotopic (exact) mass is 437 g/mol. The molecule has 2 N–H and O–H groups in total. The van der Waals surface area contributed by atoms with E-state index in [2.05, 4.69) is 5.32 Å².